The number of aliphatic hydroxyl groups is 1. The van der Waals surface area contributed by atoms with Gasteiger partial charge >= 0.3 is 12.0 Å². The fourth-order valence-corrected chi connectivity index (χ4v) is 2.08. The Hall–Kier alpha value is -1.34. The summed E-state index contributed by atoms with van der Waals surface area (Å²) in [5.41, 5.74) is 2.69. The first-order chi connectivity index (χ1) is 8.41. The number of hydrazine groups is 1. The molecule has 4 N–H and O–H groups in total. The van der Waals surface area contributed by atoms with Gasteiger partial charge in [0.15, 0.2) is 6.10 Å². The van der Waals surface area contributed by atoms with Crippen molar-refractivity contribution in [3.05, 3.63) is 0 Å². The van der Waals surface area contributed by atoms with Gasteiger partial charge in [-0.1, -0.05) is 6.42 Å². The van der Waals surface area contributed by atoms with E-state index >= 15 is 0 Å². The van der Waals surface area contributed by atoms with E-state index in [0.717, 1.165) is 19.3 Å². The third-order valence-electron chi connectivity index (χ3n) is 3.17. The van der Waals surface area contributed by atoms with Gasteiger partial charge < -0.3 is 15.5 Å². The summed E-state index contributed by atoms with van der Waals surface area (Å²) in [6.45, 7) is 3.75. The van der Waals surface area contributed by atoms with Crippen LogP contribution in [0.5, 0.6) is 0 Å². The third kappa shape index (κ3) is 4.15. The van der Waals surface area contributed by atoms with Crippen molar-refractivity contribution in [1.29, 1.82) is 0 Å². The van der Waals surface area contributed by atoms with Crippen molar-refractivity contribution in [2.24, 2.45) is 0 Å². The Morgan fingerprint density at radius 1 is 1.33 bits per heavy atom. The molecule has 7 heteroatoms. The molecule has 0 bridgehead atoms. The van der Waals surface area contributed by atoms with Crippen LogP contribution in [0.15, 0.2) is 0 Å². The van der Waals surface area contributed by atoms with Crippen molar-refractivity contribution in [2.45, 2.75) is 51.3 Å². The Balaban J connectivity index is 2.37. The summed E-state index contributed by atoms with van der Waals surface area (Å²) in [6, 6.07) is 0.0173. The minimum Gasteiger partial charge on any atom is -0.479 e. The lowest BCUT2D eigenvalue weighted by Crippen LogP contribution is -2.57. The van der Waals surface area contributed by atoms with Crippen LogP contribution in [-0.4, -0.2) is 52.0 Å². The number of piperidine rings is 1. The fraction of sp³-hybridized carbons (Fsp3) is 0.818. The number of carboxylic acid groups (broad SMARTS) is 1. The molecule has 0 aromatic rings. The number of carboxylic acids is 1. The molecule has 3 unspecified atom stereocenters. The maximum absolute atomic E-state index is 11.6. The number of aliphatic hydroxyl groups excluding tert-OH is 1. The molecular formula is C11H21N3O4. The number of amides is 2. The lowest BCUT2D eigenvalue weighted by molar-refractivity contribution is -0.146. The molecule has 0 aromatic heterocycles. The van der Waals surface area contributed by atoms with Gasteiger partial charge in [-0.2, -0.15) is 0 Å². The largest absolute Gasteiger partial charge is 0.479 e. The van der Waals surface area contributed by atoms with Gasteiger partial charge in [0.25, 0.3) is 0 Å². The van der Waals surface area contributed by atoms with E-state index in [-0.39, 0.29) is 18.6 Å². The predicted octanol–water partition coefficient (Wildman–Crippen LogP) is -0.0910. The van der Waals surface area contributed by atoms with Gasteiger partial charge in [-0.3, -0.25) is 5.43 Å². The number of hydrogen-bond donors (Lipinski definition) is 4. The highest BCUT2D eigenvalue weighted by atomic mass is 16.4. The summed E-state index contributed by atoms with van der Waals surface area (Å²) in [4.78, 5) is 21.9. The predicted molar refractivity (Wildman–Crippen MR) is 64.8 cm³/mol. The van der Waals surface area contributed by atoms with Crippen molar-refractivity contribution in [3.8, 4) is 0 Å². The van der Waals surface area contributed by atoms with E-state index in [1.165, 1.54) is 0 Å². The molecule has 1 rings (SSSR count). The van der Waals surface area contributed by atoms with E-state index in [2.05, 4.69) is 10.7 Å². The van der Waals surface area contributed by atoms with Crippen molar-refractivity contribution in [1.82, 2.24) is 15.8 Å². The van der Waals surface area contributed by atoms with E-state index < -0.39 is 18.1 Å². The highest BCUT2D eigenvalue weighted by molar-refractivity contribution is 5.76. The molecule has 1 saturated heterocycles. The van der Waals surface area contributed by atoms with E-state index in [9.17, 15) is 9.59 Å². The molecule has 1 heterocycles. The molecule has 104 valence electrons. The number of hydrogen-bond acceptors (Lipinski definition) is 4. The lowest BCUT2D eigenvalue weighted by atomic mass is 10.00. The summed E-state index contributed by atoms with van der Waals surface area (Å²) in [7, 11) is 0. The molecule has 0 saturated carbocycles. The molecule has 0 radical (unpaired) electrons. The van der Waals surface area contributed by atoms with Gasteiger partial charge in [0.1, 0.15) is 0 Å². The summed E-state index contributed by atoms with van der Waals surface area (Å²) in [6.07, 6.45) is 1.59. The Morgan fingerprint density at radius 2 is 1.89 bits per heavy atom. The zero-order valence-electron chi connectivity index (χ0n) is 10.7. The molecule has 1 fully saturated rings. The van der Waals surface area contributed by atoms with Crippen LogP contribution >= 0.6 is 0 Å². The zero-order valence-corrected chi connectivity index (χ0v) is 10.7. The van der Waals surface area contributed by atoms with Crippen molar-refractivity contribution >= 4 is 12.0 Å². The van der Waals surface area contributed by atoms with Crippen LogP contribution in [0.3, 0.4) is 0 Å². The first-order valence-corrected chi connectivity index (χ1v) is 6.15. The second-order valence-corrected chi connectivity index (χ2v) is 4.71. The highest BCUT2D eigenvalue weighted by Crippen LogP contribution is 2.19. The van der Waals surface area contributed by atoms with Gasteiger partial charge in [-0.05, 0) is 26.7 Å². The Kier molecular flexibility index (Phi) is 5.36. The number of urea groups is 1. The zero-order chi connectivity index (χ0) is 13.7. The molecule has 1 aliphatic rings. The topological polar surface area (TPSA) is 102 Å². The summed E-state index contributed by atoms with van der Waals surface area (Å²) >= 11 is 0. The van der Waals surface area contributed by atoms with E-state index in [0.29, 0.717) is 0 Å². The molecule has 1 aliphatic heterocycles. The smallest absolute Gasteiger partial charge is 0.334 e. The van der Waals surface area contributed by atoms with Crippen LogP contribution in [0.1, 0.15) is 33.1 Å². The number of nitrogens with one attached hydrogen (secondary N) is 2. The third-order valence-corrected chi connectivity index (χ3v) is 3.17. The SMILES string of the molecule is CC1CCCC(C)N1NC(=O)NCC(O)C(=O)O. The van der Waals surface area contributed by atoms with Gasteiger partial charge in [0, 0.05) is 12.1 Å². The van der Waals surface area contributed by atoms with E-state index in [4.69, 9.17) is 10.2 Å². The number of carbonyl (C=O) groups is 2. The molecule has 2 amide bonds. The standard InChI is InChI=1S/C11H21N3O4/c1-7-4-3-5-8(2)14(7)13-11(18)12-6-9(15)10(16)17/h7-9,15H,3-6H2,1-2H3,(H,16,17)(H2,12,13,18). The van der Waals surface area contributed by atoms with Gasteiger partial charge in [0.2, 0.25) is 0 Å². The molecule has 7 nitrogen and oxygen atoms in total. The average Bonchev–Trinajstić information content (AvgIpc) is 2.30. The van der Waals surface area contributed by atoms with Crippen LogP contribution in [0.4, 0.5) is 4.79 Å². The van der Waals surface area contributed by atoms with Crippen LogP contribution in [0.2, 0.25) is 0 Å². The first-order valence-electron chi connectivity index (χ1n) is 6.15. The van der Waals surface area contributed by atoms with Crippen LogP contribution in [0.25, 0.3) is 0 Å². The fourth-order valence-electron chi connectivity index (χ4n) is 2.08. The maximum Gasteiger partial charge on any atom is 0.334 e. The van der Waals surface area contributed by atoms with E-state index in [1.807, 2.05) is 18.9 Å². The number of aliphatic carboxylic acids is 1. The molecule has 0 spiro atoms. The second kappa shape index (κ2) is 6.55. The molecule has 3 atom stereocenters. The van der Waals surface area contributed by atoms with Gasteiger partial charge in [-0.25, -0.2) is 14.6 Å². The number of nitrogens with zero attached hydrogens (tertiary/aromatic N) is 1. The minimum atomic E-state index is -1.58. The molecule has 0 aromatic carbocycles. The summed E-state index contributed by atoms with van der Waals surface area (Å²) in [5, 5.41) is 21.7. The number of rotatable bonds is 4. The van der Waals surface area contributed by atoms with Gasteiger partial charge in [-0.15, -0.1) is 0 Å². The monoisotopic (exact) mass is 259 g/mol. The summed E-state index contributed by atoms with van der Waals surface area (Å²) < 4.78 is 0. The van der Waals surface area contributed by atoms with Gasteiger partial charge in [0.05, 0.1) is 6.54 Å². The molecular weight excluding hydrogens is 238 g/mol. The minimum absolute atomic E-state index is 0.254. The van der Waals surface area contributed by atoms with Crippen molar-refractivity contribution in [3.63, 3.8) is 0 Å². The Bertz CT molecular complexity index is 301. The normalized spacial score (nSPS) is 26.4. The van der Waals surface area contributed by atoms with Crippen LogP contribution in [0, 0.1) is 0 Å². The first kappa shape index (κ1) is 14.7. The van der Waals surface area contributed by atoms with Crippen molar-refractivity contribution < 1.29 is 19.8 Å². The Morgan fingerprint density at radius 3 is 2.39 bits per heavy atom. The second-order valence-electron chi connectivity index (χ2n) is 4.71. The quantitative estimate of drug-likeness (QED) is 0.565. The molecule has 18 heavy (non-hydrogen) atoms. The number of carbonyl (C=O) groups excluding carboxylic acids is 1. The average molecular weight is 259 g/mol. The Labute approximate surface area is 106 Å². The van der Waals surface area contributed by atoms with Crippen LogP contribution in [-0.2, 0) is 4.79 Å². The maximum atomic E-state index is 11.6. The molecule has 0 aliphatic carbocycles. The summed E-state index contributed by atoms with van der Waals surface area (Å²) in [5.74, 6) is -1.35. The van der Waals surface area contributed by atoms with E-state index in [1.54, 1.807) is 0 Å². The van der Waals surface area contributed by atoms with Crippen molar-refractivity contribution in [2.75, 3.05) is 6.54 Å². The highest BCUT2D eigenvalue weighted by Gasteiger charge is 2.26. The van der Waals surface area contributed by atoms with Crippen LogP contribution < -0.4 is 10.7 Å². The lowest BCUT2D eigenvalue weighted by Gasteiger charge is -2.38.